The summed E-state index contributed by atoms with van der Waals surface area (Å²) in [5.74, 6) is 0.270. The Kier molecular flexibility index (Phi) is 5.03. The van der Waals surface area contributed by atoms with Gasteiger partial charge in [-0.05, 0) is 38.1 Å². The number of esters is 1. The third-order valence-electron chi connectivity index (χ3n) is 2.74. The minimum absolute atomic E-state index is 0.117. The Morgan fingerprint density at radius 1 is 1.32 bits per heavy atom. The van der Waals surface area contributed by atoms with Gasteiger partial charge in [-0.15, -0.1) is 0 Å². The van der Waals surface area contributed by atoms with Crippen LogP contribution in [-0.4, -0.2) is 12.1 Å². The lowest BCUT2D eigenvalue weighted by atomic mass is 10.2. The number of ether oxygens (including phenoxy) is 1. The van der Waals surface area contributed by atoms with Crippen LogP contribution in [0.4, 0.5) is 0 Å². The van der Waals surface area contributed by atoms with Crippen LogP contribution in [0.5, 0.6) is 0 Å². The predicted molar refractivity (Wildman–Crippen MR) is 84.0 cm³/mol. The number of halogens is 1. The van der Waals surface area contributed by atoms with E-state index in [9.17, 15) is 4.79 Å². The van der Waals surface area contributed by atoms with Gasteiger partial charge in [-0.25, -0.2) is 4.79 Å². The second kappa shape index (κ2) is 6.97. The van der Waals surface area contributed by atoms with Crippen LogP contribution in [0.3, 0.4) is 0 Å². The zero-order valence-electron chi connectivity index (χ0n) is 12.2. The average molecular weight is 316 g/mol. The largest absolute Gasteiger partial charge is 0.459 e. The summed E-state index contributed by atoms with van der Waals surface area (Å²) in [5.41, 5.74) is 0.626. The van der Waals surface area contributed by atoms with Crippen molar-refractivity contribution in [2.45, 2.75) is 20.0 Å². The quantitative estimate of drug-likeness (QED) is 0.475. The number of carbonyl (C=O) groups excluding carboxylic acids is 1. The maximum absolute atomic E-state index is 11.7. The molecule has 0 aliphatic carbocycles. The van der Waals surface area contributed by atoms with E-state index in [2.05, 4.69) is 0 Å². The summed E-state index contributed by atoms with van der Waals surface area (Å²) in [6, 6.07) is 12.5. The van der Waals surface area contributed by atoms with Gasteiger partial charge >= 0.3 is 5.97 Å². The highest BCUT2D eigenvalue weighted by Gasteiger charge is 2.14. The van der Waals surface area contributed by atoms with Gasteiger partial charge in [-0.2, -0.15) is 5.26 Å². The molecule has 0 aliphatic heterocycles. The molecule has 2 aromatic rings. The number of carbonyl (C=O) groups is 1. The van der Waals surface area contributed by atoms with E-state index in [1.165, 1.54) is 6.08 Å². The minimum Gasteiger partial charge on any atom is -0.459 e. The molecule has 2 rings (SSSR count). The molecular weight excluding hydrogens is 302 g/mol. The molecule has 5 heteroatoms. The summed E-state index contributed by atoms with van der Waals surface area (Å²) >= 11 is 6.11. The summed E-state index contributed by atoms with van der Waals surface area (Å²) in [5, 5.41) is 9.62. The Labute approximate surface area is 133 Å². The lowest BCUT2D eigenvalue weighted by molar-refractivity contribution is -0.142. The molecule has 4 nitrogen and oxygen atoms in total. The van der Waals surface area contributed by atoms with Crippen molar-refractivity contribution in [3.05, 3.63) is 52.8 Å². The molecule has 0 radical (unpaired) electrons. The standard InChI is InChI=1S/C17H14ClNO3/c1-11(2)21-17(20)12(10-19)9-13-7-8-16(22-13)14-5-3-4-6-15(14)18/h3-9,11H,1-2H3/b12-9+. The van der Waals surface area contributed by atoms with Crippen LogP contribution in [0.15, 0.2) is 46.4 Å². The second-order valence-electron chi connectivity index (χ2n) is 4.81. The smallest absolute Gasteiger partial charge is 0.349 e. The fourth-order valence-electron chi connectivity index (χ4n) is 1.79. The van der Waals surface area contributed by atoms with Crippen LogP contribution in [-0.2, 0) is 9.53 Å². The first kappa shape index (κ1) is 15.9. The zero-order valence-corrected chi connectivity index (χ0v) is 12.9. The Bertz CT molecular complexity index is 753. The van der Waals surface area contributed by atoms with Crippen molar-refractivity contribution in [1.29, 1.82) is 5.26 Å². The fourth-order valence-corrected chi connectivity index (χ4v) is 2.02. The first-order chi connectivity index (χ1) is 10.5. The van der Waals surface area contributed by atoms with Gasteiger partial charge in [-0.1, -0.05) is 23.7 Å². The number of nitrogens with zero attached hydrogens (tertiary/aromatic N) is 1. The Morgan fingerprint density at radius 3 is 2.68 bits per heavy atom. The Hall–Kier alpha value is -2.51. The highest BCUT2D eigenvalue weighted by Crippen LogP contribution is 2.29. The van der Waals surface area contributed by atoms with Crippen LogP contribution >= 0.6 is 11.6 Å². The number of hydrogen-bond acceptors (Lipinski definition) is 4. The van der Waals surface area contributed by atoms with Crippen LogP contribution in [0.25, 0.3) is 17.4 Å². The van der Waals surface area contributed by atoms with E-state index in [0.717, 1.165) is 5.56 Å². The Balaban J connectivity index is 2.28. The average Bonchev–Trinajstić information content (AvgIpc) is 2.92. The van der Waals surface area contributed by atoms with Crippen molar-refractivity contribution >= 4 is 23.6 Å². The van der Waals surface area contributed by atoms with Crippen molar-refractivity contribution in [3.8, 4) is 17.4 Å². The van der Waals surface area contributed by atoms with Crippen LogP contribution in [0, 0.1) is 11.3 Å². The molecule has 0 N–H and O–H groups in total. The molecular formula is C17H14ClNO3. The maximum Gasteiger partial charge on any atom is 0.349 e. The maximum atomic E-state index is 11.7. The topological polar surface area (TPSA) is 63.2 Å². The van der Waals surface area contributed by atoms with E-state index >= 15 is 0 Å². The number of benzene rings is 1. The molecule has 0 saturated carbocycles. The van der Waals surface area contributed by atoms with Crippen LogP contribution in [0.1, 0.15) is 19.6 Å². The van der Waals surface area contributed by atoms with Gasteiger partial charge in [0.15, 0.2) is 0 Å². The molecule has 112 valence electrons. The van der Waals surface area contributed by atoms with Crippen LogP contribution < -0.4 is 0 Å². The lowest BCUT2D eigenvalue weighted by Gasteiger charge is -2.05. The lowest BCUT2D eigenvalue weighted by Crippen LogP contribution is -2.12. The Morgan fingerprint density at radius 2 is 2.05 bits per heavy atom. The van der Waals surface area contributed by atoms with Crippen LogP contribution in [0.2, 0.25) is 5.02 Å². The third kappa shape index (κ3) is 3.78. The molecule has 0 spiro atoms. The van der Waals surface area contributed by atoms with Gasteiger partial charge in [0.05, 0.1) is 11.1 Å². The normalized spacial score (nSPS) is 11.3. The summed E-state index contributed by atoms with van der Waals surface area (Å²) in [6.07, 6.45) is 1.06. The number of nitriles is 1. The van der Waals surface area contributed by atoms with Crippen molar-refractivity contribution < 1.29 is 13.9 Å². The van der Waals surface area contributed by atoms with Crippen molar-refractivity contribution in [1.82, 2.24) is 0 Å². The first-order valence-electron chi connectivity index (χ1n) is 6.68. The van der Waals surface area contributed by atoms with E-state index in [1.807, 2.05) is 24.3 Å². The SMILES string of the molecule is CC(C)OC(=O)/C(C#N)=C/c1ccc(-c2ccccc2Cl)o1. The highest BCUT2D eigenvalue weighted by molar-refractivity contribution is 6.33. The van der Waals surface area contributed by atoms with E-state index < -0.39 is 5.97 Å². The van der Waals surface area contributed by atoms with Gasteiger partial charge in [0, 0.05) is 11.6 Å². The number of hydrogen-bond donors (Lipinski definition) is 0. The molecule has 22 heavy (non-hydrogen) atoms. The number of furan rings is 1. The van der Waals surface area contributed by atoms with Gasteiger partial charge in [0.25, 0.3) is 0 Å². The molecule has 0 bridgehead atoms. The summed E-state index contributed by atoms with van der Waals surface area (Å²) < 4.78 is 10.6. The van der Waals surface area contributed by atoms with E-state index in [0.29, 0.717) is 16.5 Å². The molecule has 0 fully saturated rings. The molecule has 1 aromatic carbocycles. The highest BCUT2D eigenvalue weighted by atomic mass is 35.5. The van der Waals surface area contributed by atoms with E-state index in [1.54, 1.807) is 32.0 Å². The zero-order chi connectivity index (χ0) is 16.1. The molecule has 1 heterocycles. The van der Waals surface area contributed by atoms with Crippen molar-refractivity contribution in [2.24, 2.45) is 0 Å². The molecule has 0 aliphatic rings. The monoisotopic (exact) mass is 315 g/mol. The predicted octanol–water partition coefficient (Wildman–Crippen LogP) is 4.46. The van der Waals surface area contributed by atoms with Crippen molar-refractivity contribution in [3.63, 3.8) is 0 Å². The van der Waals surface area contributed by atoms with Gasteiger partial charge in [0.1, 0.15) is 23.2 Å². The minimum atomic E-state index is -0.673. The first-order valence-corrected chi connectivity index (χ1v) is 7.06. The second-order valence-corrected chi connectivity index (χ2v) is 5.21. The third-order valence-corrected chi connectivity index (χ3v) is 3.07. The molecule has 1 aromatic heterocycles. The molecule has 0 saturated heterocycles. The van der Waals surface area contributed by atoms with Gasteiger partial charge < -0.3 is 9.15 Å². The number of rotatable bonds is 4. The van der Waals surface area contributed by atoms with E-state index in [-0.39, 0.29) is 11.7 Å². The van der Waals surface area contributed by atoms with Crippen molar-refractivity contribution in [2.75, 3.05) is 0 Å². The molecule has 0 atom stereocenters. The van der Waals surface area contributed by atoms with Gasteiger partial charge in [0.2, 0.25) is 0 Å². The summed E-state index contributed by atoms with van der Waals surface area (Å²) in [7, 11) is 0. The van der Waals surface area contributed by atoms with E-state index in [4.69, 9.17) is 26.0 Å². The summed E-state index contributed by atoms with van der Waals surface area (Å²) in [4.78, 5) is 11.7. The molecule has 0 unspecified atom stereocenters. The van der Waals surface area contributed by atoms with Gasteiger partial charge in [-0.3, -0.25) is 0 Å². The molecule has 0 amide bonds. The fraction of sp³-hybridized carbons (Fsp3) is 0.176. The summed E-state index contributed by atoms with van der Waals surface area (Å²) in [6.45, 7) is 3.44.